The van der Waals surface area contributed by atoms with Gasteiger partial charge in [-0.15, -0.1) is 11.6 Å². The maximum atomic E-state index is 6.17. The Morgan fingerprint density at radius 3 is 2.60 bits per heavy atom. The fourth-order valence-corrected chi connectivity index (χ4v) is 2.28. The average Bonchev–Trinajstić information content (AvgIpc) is 2.17. The molecule has 0 saturated carbocycles. The molecule has 0 aliphatic rings. The molecule has 0 aliphatic heterocycles. The van der Waals surface area contributed by atoms with Gasteiger partial charge in [0.25, 0.3) is 0 Å². The molecule has 1 aromatic rings. The Morgan fingerprint density at radius 2 is 2.00 bits per heavy atom. The highest BCUT2D eigenvalue weighted by atomic mass is 35.5. The van der Waals surface area contributed by atoms with E-state index in [0.29, 0.717) is 0 Å². The van der Waals surface area contributed by atoms with Crippen molar-refractivity contribution in [2.75, 3.05) is 0 Å². The van der Waals surface area contributed by atoms with E-state index in [1.165, 1.54) is 11.1 Å². The molecule has 0 radical (unpaired) electrons. The summed E-state index contributed by atoms with van der Waals surface area (Å²) < 4.78 is 0. The number of alkyl halides is 1. The van der Waals surface area contributed by atoms with Gasteiger partial charge < -0.3 is 0 Å². The summed E-state index contributed by atoms with van der Waals surface area (Å²) in [7, 11) is 0. The van der Waals surface area contributed by atoms with Crippen molar-refractivity contribution in [2.24, 2.45) is 0 Å². The van der Waals surface area contributed by atoms with Gasteiger partial charge in [0.2, 0.25) is 0 Å². The number of hydrogen-bond donors (Lipinski definition) is 0. The van der Waals surface area contributed by atoms with Crippen LogP contribution in [0.3, 0.4) is 0 Å². The standard InChI is InChI=1S/C13H18Cl2/c1-3-4-12(14)8-7-11-6-5-10(2)9-13(11)15/h5-6,9,12H,3-4,7-8H2,1-2H3. The van der Waals surface area contributed by atoms with Gasteiger partial charge in [-0.25, -0.2) is 0 Å². The molecule has 0 aliphatic carbocycles. The molecule has 1 unspecified atom stereocenters. The van der Waals surface area contributed by atoms with Crippen molar-refractivity contribution in [3.8, 4) is 0 Å². The Hall–Kier alpha value is -0.200. The third kappa shape index (κ3) is 4.44. The summed E-state index contributed by atoms with van der Waals surface area (Å²) in [6.07, 6.45) is 4.23. The van der Waals surface area contributed by atoms with Crippen LogP contribution in [-0.2, 0) is 6.42 Å². The van der Waals surface area contributed by atoms with E-state index in [9.17, 15) is 0 Å². The lowest BCUT2D eigenvalue weighted by Gasteiger charge is -2.09. The highest BCUT2D eigenvalue weighted by Gasteiger charge is 2.06. The lowest BCUT2D eigenvalue weighted by molar-refractivity contribution is 0.676. The summed E-state index contributed by atoms with van der Waals surface area (Å²) >= 11 is 12.3. The minimum atomic E-state index is 0.285. The van der Waals surface area contributed by atoms with Crippen molar-refractivity contribution < 1.29 is 0 Å². The van der Waals surface area contributed by atoms with Crippen molar-refractivity contribution in [3.05, 3.63) is 34.3 Å². The van der Waals surface area contributed by atoms with Gasteiger partial charge in [0.15, 0.2) is 0 Å². The normalized spacial score (nSPS) is 12.8. The van der Waals surface area contributed by atoms with Crippen LogP contribution in [0.5, 0.6) is 0 Å². The first-order valence-corrected chi connectivity index (χ1v) is 6.34. The second kappa shape index (κ2) is 6.40. The number of aryl methyl sites for hydroxylation is 2. The minimum Gasteiger partial charge on any atom is -0.123 e. The average molecular weight is 245 g/mol. The van der Waals surface area contributed by atoms with Gasteiger partial charge in [-0.2, -0.15) is 0 Å². The van der Waals surface area contributed by atoms with E-state index < -0.39 is 0 Å². The summed E-state index contributed by atoms with van der Waals surface area (Å²) in [5, 5.41) is 1.16. The molecule has 2 heteroatoms. The highest BCUT2D eigenvalue weighted by molar-refractivity contribution is 6.31. The first kappa shape index (κ1) is 12.9. The SMILES string of the molecule is CCCC(Cl)CCc1ccc(C)cc1Cl. The van der Waals surface area contributed by atoms with Crippen molar-refractivity contribution >= 4 is 23.2 Å². The molecule has 0 amide bonds. The first-order valence-electron chi connectivity index (χ1n) is 5.52. The number of hydrogen-bond acceptors (Lipinski definition) is 0. The quantitative estimate of drug-likeness (QED) is 0.641. The molecule has 1 aromatic carbocycles. The lowest BCUT2D eigenvalue weighted by Crippen LogP contribution is -2.00. The van der Waals surface area contributed by atoms with Crippen LogP contribution < -0.4 is 0 Å². The zero-order chi connectivity index (χ0) is 11.3. The van der Waals surface area contributed by atoms with Gasteiger partial charge in [-0.1, -0.05) is 37.1 Å². The van der Waals surface area contributed by atoms with Crippen molar-refractivity contribution in [2.45, 2.75) is 44.9 Å². The Morgan fingerprint density at radius 1 is 1.27 bits per heavy atom. The Labute approximate surface area is 103 Å². The Kier molecular flexibility index (Phi) is 5.49. The van der Waals surface area contributed by atoms with Crippen LogP contribution in [-0.4, -0.2) is 5.38 Å². The predicted octanol–water partition coefficient (Wildman–Crippen LogP) is 4.99. The summed E-state index contributed by atoms with van der Waals surface area (Å²) in [4.78, 5) is 0. The molecule has 0 heterocycles. The molecule has 1 atom stereocenters. The van der Waals surface area contributed by atoms with Gasteiger partial charge in [0.1, 0.15) is 0 Å². The van der Waals surface area contributed by atoms with Crippen molar-refractivity contribution in [3.63, 3.8) is 0 Å². The number of benzene rings is 1. The number of rotatable bonds is 5. The molecule has 84 valence electrons. The largest absolute Gasteiger partial charge is 0.123 e. The molecular formula is C13H18Cl2. The Balaban J connectivity index is 2.50. The monoisotopic (exact) mass is 244 g/mol. The summed E-state index contributed by atoms with van der Waals surface area (Å²) in [5.41, 5.74) is 2.42. The van der Waals surface area contributed by atoms with Crippen LogP contribution in [0, 0.1) is 6.92 Å². The third-order valence-corrected chi connectivity index (χ3v) is 3.33. The van der Waals surface area contributed by atoms with Crippen LogP contribution in [0.15, 0.2) is 18.2 Å². The molecule has 0 nitrogen and oxygen atoms in total. The van der Waals surface area contributed by atoms with E-state index in [2.05, 4.69) is 26.0 Å². The van der Waals surface area contributed by atoms with E-state index in [0.717, 1.165) is 30.7 Å². The molecule has 0 aromatic heterocycles. The minimum absolute atomic E-state index is 0.285. The van der Waals surface area contributed by atoms with Crippen LogP contribution in [0.25, 0.3) is 0 Å². The molecule has 0 N–H and O–H groups in total. The molecule has 0 bridgehead atoms. The van der Waals surface area contributed by atoms with Crippen LogP contribution in [0.1, 0.15) is 37.3 Å². The van der Waals surface area contributed by atoms with Crippen LogP contribution >= 0.6 is 23.2 Å². The van der Waals surface area contributed by atoms with E-state index >= 15 is 0 Å². The zero-order valence-corrected chi connectivity index (χ0v) is 10.9. The second-order valence-electron chi connectivity index (χ2n) is 4.02. The molecule has 0 saturated heterocycles. The molecular weight excluding hydrogens is 227 g/mol. The van der Waals surface area contributed by atoms with Gasteiger partial charge in [0, 0.05) is 10.4 Å². The van der Waals surface area contributed by atoms with E-state index in [1.54, 1.807) is 0 Å². The first-order chi connectivity index (χ1) is 7.13. The van der Waals surface area contributed by atoms with Crippen LogP contribution in [0.4, 0.5) is 0 Å². The van der Waals surface area contributed by atoms with E-state index in [1.807, 2.05) is 6.07 Å². The third-order valence-electron chi connectivity index (χ3n) is 2.54. The summed E-state index contributed by atoms with van der Waals surface area (Å²) in [6, 6.07) is 6.22. The zero-order valence-electron chi connectivity index (χ0n) is 9.39. The predicted molar refractivity (Wildman–Crippen MR) is 69.1 cm³/mol. The Bertz CT molecular complexity index is 307. The van der Waals surface area contributed by atoms with Crippen LogP contribution in [0.2, 0.25) is 5.02 Å². The lowest BCUT2D eigenvalue weighted by atomic mass is 10.0. The summed E-state index contributed by atoms with van der Waals surface area (Å²) in [6.45, 7) is 4.21. The second-order valence-corrected chi connectivity index (χ2v) is 5.04. The van der Waals surface area contributed by atoms with Gasteiger partial charge >= 0.3 is 0 Å². The number of halogens is 2. The van der Waals surface area contributed by atoms with Gasteiger partial charge in [0.05, 0.1) is 0 Å². The maximum absolute atomic E-state index is 6.17. The smallest absolute Gasteiger partial charge is 0.0440 e. The molecule has 1 rings (SSSR count). The van der Waals surface area contributed by atoms with Gasteiger partial charge in [-0.05, 0) is 43.4 Å². The van der Waals surface area contributed by atoms with E-state index in [4.69, 9.17) is 23.2 Å². The van der Waals surface area contributed by atoms with E-state index in [-0.39, 0.29) is 5.38 Å². The fraction of sp³-hybridized carbons (Fsp3) is 0.538. The topological polar surface area (TPSA) is 0 Å². The molecule has 15 heavy (non-hydrogen) atoms. The van der Waals surface area contributed by atoms with Crippen molar-refractivity contribution in [1.82, 2.24) is 0 Å². The van der Waals surface area contributed by atoms with Gasteiger partial charge in [-0.3, -0.25) is 0 Å². The fourth-order valence-electron chi connectivity index (χ4n) is 1.62. The maximum Gasteiger partial charge on any atom is 0.0440 e. The van der Waals surface area contributed by atoms with Crippen molar-refractivity contribution in [1.29, 1.82) is 0 Å². The molecule has 0 spiro atoms. The molecule has 0 fully saturated rings. The highest BCUT2D eigenvalue weighted by Crippen LogP contribution is 2.21. The summed E-state index contributed by atoms with van der Waals surface area (Å²) in [5.74, 6) is 0.